The van der Waals surface area contributed by atoms with E-state index in [-0.39, 0.29) is 48.9 Å². The average molecular weight is 1120 g/mol. The molecule has 0 aromatic heterocycles. The predicted octanol–water partition coefficient (Wildman–Crippen LogP) is 17.0. The van der Waals surface area contributed by atoms with Gasteiger partial charge in [0.2, 0.25) is 0 Å². The summed E-state index contributed by atoms with van der Waals surface area (Å²) < 4.78 is 12.8. The molecule has 8 N–H and O–H groups in total. The number of amides is 4. The molecule has 0 atom stereocenters. The molecule has 0 aliphatic heterocycles. The molecule has 0 spiro atoms. The Balaban J connectivity index is 0.000000177. The van der Waals surface area contributed by atoms with Crippen molar-refractivity contribution < 1.29 is 44.3 Å². The van der Waals surface area contributed by atoms with Crippen LogP contribution in [0.1, 0.15) is 38.2 Å². The van der Waals surface area contributed by atoms with Crippen LogP contribution in [-0.4, -0.2) is 38.5 Å². The molecule has 4 amide bonds. The third kappa shape index (κ3) is 12.5. The number of urea groups is 2. The fourth-order valence-electron chi connectivity index (χ4n) is 10.4. The lowest BCUT2D eigenvalue weighted by atomic mass is 9.90. The molecule has 0 bridgehead atoms. The number of aromatic hydroxyl groups is 2. The number of rotatable bonds is 14. The quantitative estimate of drug-likeness (QED) is 0.0522. The summed E-state index contributed by atoms with van der Waals surface area (Å²) >= 11 is 0. The lowest BCUT2D eigenvalue weighted by Crippen LogP contribution is -2.19. The number of fused-ring (bicyclic) bond motifs is 4. The van der Waals surface area contributed by atoms with Gasteiger partial charge in [0.1, 0.15) is 41.8 Å². The maximum Gasteiger partial charge on any atom is 0.339 e. The van der Waals surface area contributed by atoms with E-state index in [1.54, 1.807) is 6.07 Å². The molecule has 12 aromatic rings. The Bertz CT molecular complexity index is 4490. The zero-order valence-corrected chi connectivity index (χ0v) is 46.4. The first-order chi connectivity index (χ1) is 41.4. The molecule has 420 valence electrons. The number of hydrogen-bond acceptors (Lipinski definition) is 8. The first-order valence-corrected chi connectivity index (χ1v) is 27.5. The van der Waals surface area contributed by atoms with Crippen molar-refractivity contribution in [3.63, 3.8) is 0 Å². The number of aromatic carboxylic acids is 1. The summed E-state index contributed by atoms with van der Waals surface area (Å²) in [6.07, 6.45) is 0. The van der Waals surface area contributed by atoms with Gasteiger partial charge in [-0.2, -0.15) is 0 Å². The van der Waals surface area contributed by atoms with Gasteiger partial charge in [-0.15, -0.1) is 0 Å². The van der Waals surface area contributed by atoms with Crippen molar-refractivity contribution in [3.05, 3.63) is 264 Å². The average Bonchev–Trinajstić information content (AvgIpc) is 1.48. The second-order valence-electron chi connectivity index (χ2n) is 20.5. The van der Waals surface area contributed by atoms with E-state index in [0.29, 0.717) is 67.3 Å². The van der Waals surface area contributed by atoms with Crippen molar-refractivity contribution in [1.82, 2.24) is 0 Å². The second kappa shape index (κ2) is 24.9. The highest BCUT2D eigenvalue weighted by atomic mass is 16.5. The van der Waals surface area contributed by atoms with Crippen LogP contribution in [0.4, 0.5) is 32.3 Å². The fourth-order valence-corrected chi connectivity index (χ4v) is 10.4. The molecule has 13 heteroatoms. The van der Waals surface area contributed by atoms with E-state index in [0.717, 1.165) is 60.1 Å². The highest BCUT2D eigenvalue weighted by molar-refractivity contribution is 6.14. The number of hydrogen-bond donors (Lipinski definition) is 8. The van der Waals surface area contributed by atoms with Gasteiger partial charge in [0, 0.05) is 50.6 Å². The molecular formula is C72H58N4O9. The first-order valence-electron chi connectivity index (χ1n) is 27.5. The molecule has 0 aliphatic carbocycles. The van der Waals surface area contributed by atoms with Crippen LogP contribution in [-0.2, 0) is 19.8 Å². The number of nitrogens with one attached hydrogen (secondary N) is 4. The number of carboxylic acids is 1. The SMILES string of the molecule is Cc1ccc(NC(=O)Nc2cccc(COc3ccc4ccccc4c3-c3c(O)c(C(=O)O)cc4ccccc34)c2)cc1.Cc1ccc(NC(=O)Nc2cccc(COc3ccc4ccccc4c3-c3c(O)c(CO)cc4ccccc34)c2)cc1. The van der Waals surface area contributed by atoms with E-state index in [4.69, 9.17) is 9.47 Å². The molecule has 0 radical (unpaired) electrons. The van der Waals surface area contributed by atoms with Gasteiger partial charge >= 0.3 is 18.0 Å². The van der Waals surface area contributed by atoms with Crippen LogP contribution >= 0.6 is 0 Å². The zero-order valence-electron chi connectivity index (χ0n) is 46.4. The number of anilines is 4. The number of carbonyl (C=O) groups excluding carboxylic acids is 2. The Hall–Kier alpha value is -11.2. The van der Waals surface area contributed by atoms with Gasteiger partial charge in [-0.1, -0.05) is 169 Å². The summed E-state index contributed by atoms with van der Waals surface area (Å²) in [4.78, 5) is 37.3. The summed E-state index contributed by atoms with van der Waals surface area (Å²) in [7, 11) is 0. The van der Waals surface area contributed by atoms with Crippen LogP contribution in [0.3, 0.4) is 0 Å². The Morgan fingerprint density at radius 3 is 1.21 bits per heavy atom. The topological polar surface area (TPSA) is 199 Å². The molecule has 0 saturated heterocycles. The zero-order chi connectivity index (χ0) is 59.0. The van der Waals surface area contributed by atoms with E-state index in [9.17, 15) is 34.8 Å². The number of benzene rings is 12. The van der Waals surface area contributed by atoms with Gasteiger partial charge in [-0.25, -0.2) is 14.4 Å². The van der Waals surface area contributed by atoms with Crippen LogP contribution in [0.15, 0.2) is 231 Å². The number of ether oxygens (including phenoxy) is 2. The maximum atomic E-state index is 12.6. The number of aryl methyl sites for hydroxylation is 2. The minimum absolute atomic E-state index is 0.0307. The molecule has 13 nitrogen and oxygen atoms in total. The Kier molecular flexibility index (Phi) is 16.3. The highest BCUT2D eigenvalue weighted by Crippen LogP contribution is 2.48. The number of aliphatic hydroxyl groups is 1. The van der Waals surface area contributed by atoms with E-state index in [1.165, 1.54) is 6.07 Å². The van der Waals surface area contributed by atoms with Crippen molar-refractivity contribution in [2.45, 2.75) is 33.7 Å². The van der Waals surface area contributed by atoms with Crippen LogP contribution in [0.25, 0.3) is 65.3 Å². The lowest BCUT2D eigenvalue weighted by molar-refractivity contribution is 0.0693. The van der Waals surface area contributed by atoms with Gasteiger partial charge in [0.15, 0.2) is 0 Å². The first kappa shape index (κ1) is 55.7. The van der Waals surface area contributed by atoms with Crippen LogP contribution < -0.4 is 30.7 Å². The molecule has 12 aromatic carbocycles. The molecule has 0 aliphatic rings. The minimum atomic E-state index is -1.22. The normalized spacial score (nSPS) is 11.0. The van der Waals surface area contributed by atoms with Crippen molar-refractivity contribution in [2.24, 2.45) is 0 Å². The van der Waals surface area contributed by atoms with Gasteiger partial charge < -0.3 is 51.2 Å². The molecule has 0 fully saturated rings. The summed E-state index contributed by atoms with van der Waals surface area (Å²) in [5, 5.41) is 60.9. The standard InChI is InChI=1S/C36H28N2O5.C36H30N2O4/c1-22-13-16-26(17-14-22)37-36(42)38-27-10-6-7-23(19-27)21-43-31-18-15-24-8-2-4-11-28(24)32(31)33-29-12-5-3-9-25(29)20-30(34(33)39)35(40)41;1-23-13-16-28(17-14-23)37-36(41)38-29-10-6-7-24(19-29)22-42-32-18-15-25-8-2-4-11-30(25)33(32)34-31-12-5-3-9-26(31)20-27(21-39)35(34)40/h2-20,39H,21H2,1H3,(H,40,41)(H2,37,38,42);2-20,39-40H,21-22H2,1H3,(H2,37,38,41). The van der Waals surface area contributed by atoms with Gasteiger partial charge in [-0.3, -0.25) is 0 Å². The number of aliphatic hydroxyl groups excluding tert-OH is 1. The van der Waals surface area contributed by atoms with E-state index < -0.39 is 5.97 Å². The third-order valence-electron chi connectivity index (χ3n) is 14.6. The van der Waals surface area contributed by atoms with E-state index in [2.05, 4.69) is 21.3 Å². The summed E-state index contributed by atoms with van der Waals surface area (Å²) in [6, 6.07) is 71.1. The van der Waals surface area contributed by atoms with Gasteiger partial charge in [0.25, 0.3) is 0 Å². The molecule has 0 heterocycles. The van der Waals surface area contributed by atoms with Gasteiger partial charge in [-0.05, 0) is 141 Å². The maximum absolute atomic E-state index is 12.6. The van der Waals surface area contributed by atoms with Crippen molar-refractivity contribution in [3.8, 4) is 45.3 Å². The molecular weight excluding hydrogens is 1060 g/mol. The smallest absolute Gasteiger partial charge is 0.339 e. The van der Waals surface area contributed by atoms with E-state index >= 15 is 0 Å². The lowest BCUT2D eigenvalue weighted by Gasteiger charge is -2.19. The summed E-state index contributed by atoms with van der Waals surface area (Å²) in [6.45, 7) is 4.09. The fraction of sp³-hybridized carbons (Fsp3) is 0.0694. The molecule has 12 rings (SSSR count). The predicted molar refractivity (Wildman–Crippen MR) is 339 cm³/mol. The Morgan fingerprint density at radius 1 is 0.388 bits per heavy atom. The van der Waals surface area contributed by atoms with Crippen molar-refractivity contribution in [1.29, 1.82) is 0 Å². The Morgan fingerprint density at radius 2 is 0.776 bits per heavy atom. The van der Waals surface area contributed by atoms with Crippen LogP contribution in [0.2, 0.25) is 0 Å². The van der Waals surface area contributed by atoms with Crippen LogP contribution in [0, 0.1) is 13.8 Å². The number of carbonyl (C=O) groups is 3. The number of phenols is 2. The minimum Gasteiger partial charge on any atom is -0.507 e. The molecule has 85 heavy (non-hydrogen) atoms. The molecule has 0 saturated carbocycles. The van der Waals surface area contributed by atoms with Gasteiger partial charge in [0.05, 0.1) is 6.61 Å². The summed E-state index contributed by atoms with van der Waals surface area (Å²) in [5.41, 5.74) is 9.15. The largest absolute Gasteiger partial charge is 0.507 e. The second-order valence-corrected chi connectivity index (χ2v) is 20.5. The summed E-state index contributed by atoms with van der Waals surface area (Å²) in [5.74, 6) is -0.429. The monoisotopic (exact) mass is 1120 g/mol. The van der Waals surface area contributed by atoms with Crippen molar-refractivity contribution >= 4 is 83.9 Å². The highest BCUT2D eigenvalue weighted by Gasteiger charge is 2.24. The third-order valence-corrected chi connectivity index (χ3v) is 14.6. The number of carboxylic acid groups (broad SMARTS) is 1. The molecule has 0 unspecified atom stereocenters. The Labute approximate surface area is 490 Å². The van der Waals surface area contributed by atoms with Crippen LogP contribution in [0.5, 0.6) is 23.0 Å². The van der Waals surface area contributed by atoms with Crippen molar-refractivity contribution in [2.75, 3.05) is 21.3 Å². The van der Waals surface area contributed by atoms with E-state index in [1.807, 2.05) is 232 Å².